The summed E-state index contributed by atoms with van der Waals surface area (Å²) in [6.45, 7) is 0. The van der Waals surface area contributed by atoms with Crippen molar-refractivity contribution in [2.24, 2.45) is 5.92 Å². The van der Waals surface area contributed by atoms with Crippen LogP contribution in [0.4, 0.5) is 0 Å². The second-order valence-electron chi connectivity index (χ2n) is 5.83. The van der Waals surface area contributed by atoms with E-state index in [1.54, 1.807) is 0 Å². The van der Waals surface area contributed by atoms with Crippen molar-refractivity contribution >= 4 is 10.8 Å². The standard InChI is InChI=1S/C18H23N/c1-19-18(12-14-6-2-3-7-14)17-11-10-15-8-4-5-9-16(15)13-17/h4-5,8-11,13-14,18-19H,2-3,6-7,12H2,1H3. The van der Waals surface area contributed by atoms with E-state index in [0.29, 0.717) is 6.04 Å². The summed E-state index contributed by atoms with van der Waals surface area (Å²) in [6, 6.07) is 16.0. The van der Waals surface area contributed by atoms with Crippen molar-refractivity contribution in [2.45, 2.75) is 38.1 Å². The maximum Gasteiger partial charge on any atom is 0.0320 e. The molecule has 100 valence electrons. The van der Waals surface area contributed by atoms with E-state index in [4.69, 9.17) is 0 Å². The molecule has 1 nitrogen and oxygen atoms in total. The summed E-state index contributed by atoms with van der Waals surface area (Å²) < 4.78 is 0. The smallest absolute Gasteiger partial charge is 0.0320 e. The van der Waals surface area contributed by atoms with E-state index >= 15 is 0 Å². The Morgan fingerprint density at radius 1 is 1.05 bits per heavy atom. The van der Waals surface area contributed by atoms with Crippen LogP contribution >= 0.6 is 0 Å². The quantitative estimate of drug-likeness (QED) is 0.834. The molecule has 0 radical (unpaired) electrons. The van der Waals surface area contributed by atoms with Gasteiger partial charge in [-0.1, -0.05) is 62.1 Å². The average molecular weight is 253 g/mol. The average Bonchev–Trinajstić information content (AvgIpc) is 2.97. The van der Waals surface area contributed by atoms with Gasteiger partial charge in [0.25, 0.3) is 0 Å². The first-order valence-corrected chi connectivity index (χ1v) is 7.53. The normalized spacial score (nSPS) is 17.9. The fourth-order valence-electron chi connectivity index (χ4n) is 3.42. The van der Waals surface area contributed by atoms with E-state index < -0.39 is 0 Å². The first-order valence-electron chi connectivity index (χ1n) is 7.53. The minimum Gasteiger partial charge on any atom is -0.313 e. The SMILES string of the molecule is CNC(CC1CCCC1)c1ccc2ccccc2c1. The van der Waals surface area contributed by atoms with Gasteiger partial charge in [-0.2, -0.15) is 0 Å². The highest BCUT2D eigenvalue weighted by atomic mass is 14.9. The molecule has 1 atom stereocenters. The van der Waals surface area contributed by atoms with E-state index in [-0.39, 0.29) is 0 Å². The van der Waals surface area contributed by atoms with Gasteiger partial charge in [0.1, 0.15) is 0 Å². The molecule has 1 heteroatoms. The molecule has 1 fully saturated rings. The van der Waals surface area contributed by atoms with Crippen LogP contribution in [0.3, 0.4) is 0 Å². The number of benzene rings is 2. The lowest BCUT2D eigenvalue weighted by molar-refractivity contribution is 0.413. The lowest BCUT2D eigenvalue weighted by atomic mass is 9.92. The molecule has 0 bridgehead atoms. The molecule has 3 rings (SSSR count). The Morgan fingerprint density at radius 3 is 2.53 bits per heavy atom. The van der Waals surface area contributed by atoms with Crippen LogP contribution in [0.1, 0.15) is 43.7 Å². The highest BCUT2D eigenvalue weighted by molar-refractivity contribution is 5.83. The molecular weight excluding hydrogens is 230 g/mol. The molecule has 0 aromatic heterocycles. The summed E-state index contributed by atoms with van der Waals surface area (Å²) in [7, 11) is 2.09. The van der Waals surface area contributed by atoms with Crippen LogP contribution in [0.2, 0.25) is 0 Å². The molecule has 19 heavy (non-hydrogen) atoms. The molecule has 0 amide bonds. The van der Waals surface area contributed by atoms with Gasteiger partial charge >= 0.3 is 0 Å². The largest absolute Gasteiger partial charge is 0.313 e. The van der Waals surface area contributed by atoms with Gasteiger partial charge in [-0.05, 0) is 41.8 Å². The predicted molar refractivity (Wildman–Crippen MR) is 82.3 cm³/mol. The Bertz CT molecular complexity index is 540. The number of fused-ring (bicyclic) bond motifs is 1. The summed E-state index contributed by atoms with van der Waals surface area (Å²) in [5, 5.41) is 6.20. The van der Waals surface area contributed by atoms with Crippen LogP contribution in [0.5, 0.6) is 0 Å². The molecule has 2 aromatic carbocycles. The molecule has 1 saturated carbocycles. The summed E-state index contributed by atoms with van der Waals surface area (Å²) >= 11 is 0. The van der Waals surface area contributed by atoms with Crippen molar-refractivity contribution in [3.63, 3.8) is 0 Å². The summed E-state index contributed by atoms with van der Waals surface area (Å²) in [5.41, 5.74) is 1.44. The van der Waals surface area contributed by atoms with E-state index in [1.165, 1.54) is 48.4 Å². The van der Waals surface area contributed by atoms with Crippen LogP contribution in [-0.4, -0.2) is 7.05 Å². The Hall–Kier alpha value is -1.34. The Kier molecular flexibility index (Phi) is 3.84. The van der Waals surface area contributed by atoms with Gasteiger partial charge in [-0.15, -0.1) is 0 Å². The van der Waals surface area contributed by atoms with Crippen LogP contribution in [0.25, 0.3) is 10.8 Å². The molecular formula is C18H23N. The molecule has 0 aliphatic heterocycles. The van der Waals surface area contributed by atoms with Gasteiger partial charge in [-0.25, -0.2) is 0 Å². The molecule has 1 aliphatic carbocycles. The predicted octanol–water partition coefficient (Wildman–Crippen LogP) is 4.68. The number of hydrogen-bond donors (Lipinski definition) is 1. The topological polar surface area (TPSA) is 12.0 Å². The van der Waals surface area contributed by atoms with Crippen LogP contribution in [0.15, 0.2) is 42.5 Å². The van der Waals surface area contributed by atoms with Gasteiger partial charge in [0.05, 0.1) is 0 Å². The van der Waals surface area contributed by atoms with Gasteiger partial charge in [-0.3, -0.25) is 0 Å². The zero-order chi connectivity index (χ0) is 13.1. The summed E-state index contributed by atoms with van der Waals surface area (Å²) in [4.78, 5) is 0. The second kappa shape index (κ2) is 5.75. The number of hydrogen-bond acceptors (Lipinski definition) is 1. The van der Waals surface area contributed by atoms with Gasteiger partial charge in [0.2, 0.25) is 0 Å². The highest BCUT2D eigenvalue weighted by Gasteiger charge is 2.20. The maximum atomic E-state index is 3.51. The Morgan fingerprint density at radius 2 is 1.79 bits per heavy atom. The van der Waals surface area contributed by atoms with Gasteiger partial charge in [0, 0.05) is 6.04 Å². The summed E-state index contributed by atoms with van der Waals surface area (Å²) in [6.07, 6.45) is 6.99. The first kappa shape index (κ1) is 12.7. The minimum absolute atomic E-state index is 0.507. The Balaban J connectivity index is 1.83. The van der Waals surface area contributed by atoms with Crippen LogP contribution in [-0.2, 0) is 0 Å². The third kappa shape index (κ3) is 2.82. The highest BCUT2D eigenvalue weighted by Crippen LogP contribution is 2.33. The molecule has 1 aliphatic rings. The van der Waals surface area contributed by atoms with E-state index in [9.17, 15) is 0 Å². The zero-order valence-corrected chi connectivity index (χ0v) is 11.7. The lowest BCUT2D eigenvalue weighted by Crippen LogP contribution is -2.19. The van der Waals surface area contributed by atoms with Crippen molar-refractivity contribution in [2.75, 3.05) is 7.05 Å². The minimum atomic E-state index is 0.507. The first-order chi connectivity index (χ1) is 9.36. The van der Waals surface area contributed by atoms with E-state index in [0.717, 1.165) is 5.92 Å². The second-order valence-corrected chi connectivity index (χ2v) is 5.83. The monoisotopic (exact) mass is 253 g/mol. The fraction of sp³-hybridized carbons (Fsp3) is 0.444. The lowest BCUT2D eigenvalue weighted by Gasteiger charge is -2.21. The number of rotatable bonds is 4. The van der Waals surface area contributed by atoms with Crippen LogP contribution < -0.4 is 5.32 Å². The van der Waals surface area contributed by atoms with Crippen molar-refractivity contribution in [1.29, 1.82) is 0 Å². The van der Waals surface area contributed by atoms with Crippen molar-refractivity contribution < 1.29 is 0 Å². The molecule has 1 N–H and O–H groups in total. The van der Waals surface area contributed by atoms with Gasteiger partial charge in [0.15, 0.2) is 0 Å². The van der Waals surface area contributed by atoms with E-state index in [1.807, 2.05) is 0 Å². The molecule has 2 aromatic rings. The van der Waals surface area contributed by atoms with Crippen molar-refractivity contribution in [1.82, 2.24) is 5.32 Å². The van der Waals surface area contributed by atoms with Crippen LogP contribution in [0, 0.1) is 5.92 Å². The zero-order valence-electron chi connectivity index (χ0n) is 11.7. The molecule has 0 spiro atoms. The number of nitrogens with one attached hydrogen (secondary N) is 1. The van der Waals surface area contributed by atoms with E-state index in [2.05, 4.69) is 54.8 Å². The fourth-order valence-corrected chi connectivity index (χ4v) is 3.42. The van der Waals surface area contributed by atoms with Crippen molar-refractivity contribution in [3.8, 4) is 0 Å². The molecule has 1 unspecified atom stereocenters. The van der Waals surface area contributed by atoms with Gasteiger partial charge < -0.3 is 5.32 Å². The third-order valence-corrected chi connectivity index (χ3v) is 4.57. The Labute approximate surface area is 116 Å². The molecule has 0 saturated heterocycles. The van der Waals surface area contributed by atoms with Crippen molar-refractivity contribution in [3.05, 3.63) is 48.0 Å². The summed E-state index contributed by atoms with van der Waals surface area (Å²) in [5.74, 6) is 0.920. The maximum absolute atomic E-state index is 3.51. The third-order valence-electron chi connectivity index (χ3n) is 4.57. The molecule has 0 heterocycles.